The Labute approximate surface area is 165 Å². The van der Waals surface area contributed by atoms with Crippen molar-refractivity contribution in [2.24, 2.45) is 4.99 Å². The zero-order valence-electron chi connectivity index (χ0n) is 14.7. The fraction of sp³-hybridized carbons (Fsp3) is 0.263. The standard InChI is InChI=1S/C19H23N3O2.HI/c1-14(16-7-5-4-6-8-16)22-19(20-2)21-13-15-9-11-17(12-10-15)18(23)24-3;/h4-12,14H,13H2,1-3H3,(H2,20,21,22);1H. The van der Waals surface area contributed by atoms with Crippen molar-refractivity contribution in [3.63, 3.8) is 0 Å². The molecule has 0 aliphatic heterocycles. The maximum atomic E-state index is 11.4. The van der Waals surface area contributed by atoms with Gasteiger partial charge in [0, 0.05) is 13.6 Å². The van der Waals surface area contributed by atoms with Crippen molar-refractivity contribution in [3.8, 4) is 0 Å². The summed E-state index contributed by atoms with van der Waals surface area (Å²) in [6.45, 7) is 2.70. The molecule has 2 aromatic carbocycles. The Morgan fingerprint density at radius 1 is 1.12 bits per heavy atom. The Morgan fingerprint density at radius 3 is 2.32 bits per heavy atom. The number of carbonyl (C=O) groups excluding carboxylic acids is 1. The summed E-state index contributed by atoms with van der Waals surface area (Å²) in [5.74, 6) is 0.395. The number of carbonyl (C=O) groups is 1. The van der Waals surface area contributed by atoms with Crippen LogP contribution in [-0.2, 0) is 11.3 Å². The van der Waals surface area contributed by atoms with Gasteiger partial charge in [-0.15, -0.1) is 24.0 Å². The first kappa shape index (κ1) is 21.0. The van der Waals surface area contributed by atoms with Gasteiger partial charge in [-0.3, -0.25) is 4.99 Å². The summed E-state index contributed by atoms with van der Waals surface area (Å²) in [6, 6.07) is 17.7. The van der Waals surface area contributed by atoms with Crippen molar-refractivity contribution in [1.29, 1.82) is 0 Å². The van der Waals surface area contributed by atoms with Crippen LogP contribution < -0.4 is 10.6 Å². The van der Waals surface area contributed by atoms with E-state index < -0.39 is 0 Å². The molecule has 0 heterocycles. The topological polar surface area (TPSA) is 62.7 Å². The lowest BCUT2D eigenvalue weighted by Gasteiger charge is -2.18. The van der Waals surface area contributed by atoms with Gasteiger partial charge in [0.15, 0.2) is 5.96 Å². The third-order valence-corrected chi connectivity index (χ3v) is 3.71. The predicted octanol–water partition coefficient (Wildman–Crippen LogP) is 3.52. The lowest BCUT2D eigenvalue weighted by molar-refractivity contribution is 0.0600. The first-order valence-corrected chi connectivity index (χ1v) is 7.83. The number of nitrogens with one attached hydrogen (secondary N) is 2. The van der Waals surface area contributed by atoms with Gasteiger partial charge in [0.25, 0.3) is 0 Å². The average molecular weight is 453 g/mol. The summed E-state index contributed by atoms with van der Waals surface area (Å²) < 4.78 is 4.69. The van der Waals surface area contributed by atoms with E-state index >= 15 is 0 Å². The molecule has 25 heavy (non-hydrogen) atoms. The third-order valence-electron chi connectivity index (χ3n) is 3.71. The van der Waals surface area contributed by atoms with Crippen LogP contribution in [0.25, 0.3) is 0 Å². The van der Waals surface area contributed by atoms with E-state index in [0.717, 1.165) is 11.5 Å². The van der Waals surface area contributed by atoms with Gasteiger partial charge in [0.05, 0.1) is 18.7 Å². The Balaban J connectivity index is 0.00000312. The van der Waals surface area contributed by atoms with Crippen molar-refractivity contribution in [2.75, 3.05) is 14.2 Å². The van der Waals surface area contributed by atoms with Crippen LogP contribution in [0.4, 0.5) is 0 Å². The molecule has 0 fully saturated rings. The number of ether oxygens (including phenoxy) is 1. The number of methoxy groups -OCH3 is 1. The van der Waals surface area contributed by atoms with E-state index in [-0.39, 0.29) is 36.0 Å². The van der Waals surface area contributed by atoms with Crippen molar-refractivity contribution in [3.05, 3.63) is 71.3 Å². The highest BCUT2D eigenvalue weighted by Gasteiger charge is 2.08. The summed E-state index contributed by atoms with van der Waals surface area (Å²) in [6.07, 6.45) is 0. The quantitative estimate of drug-likeness (QED) is 0.315. The second kappa shape index (κ2) is 10.7. The molecule has 0 aliphatic rings. The molecule has 0 amide bonds. The minimum absolute atomic E-state index is 0. The van der Waals surface area contributed by atoms with Crippen molar-refractivity contribution < 1.29 is 9.53 Å². The van der Waals surface area contributed by atoms with E-state index in [2.05, 4.69) is 34.7 Å². The van der Waals surface area contributed by atoms with Gasteiger partial charge in [-0.25, -0.2) is 4.79 Å². The van der Waals surface area contributed by atoms with Gasteiger partial charge in [-0.05, 0) is 30.2 Å². The number of hydrogen-bond donors (Lipinski definition) is 2. The number of hydrogen-bond acceptors (Lipinski definition) is 3. The summed E-state index contributed by atoms with van der Waals surface area (Å²) in [7, 11) is 3.12. The first-order chi connectivity index (χ1) is 11.6. The lowest BCUT2D eigenvalue weighted by atomic mass is 10.1. The van der Waals surface area contributed by atoms with Crippen LogP contribution in [0, 0.1) is 0 Å². The molecule has 2 rings (SSSR count). The van der Waals surface area contributed by atoms with E-state index in [0.29, 0.717) is 12.1 Å². The average Bonchev–Trinajstić information content (AvgIpc) is 2.65. The van der Waals surface area contributed by atoms with Crippen LogP contribution in [0.2, 0.25) is 0 Å². The van der Waals surface area contributed by atoms with Crippen molar-refractivity contribution >= 4 is 35.9 Å². The Hall–Kier alpha value is -2.09. The van der Waals surface area contributed by atoms with Crippen molar-refractivity contribution in [1.82, 2.24) is 10.6 Å². The minimum atomic E-state index is -0.330. The van der Waals surface area contributed by atoms with Crippen LogP contribution >= 0.6 is 24.0 Å². The van der Waals surface area contributed by atoms with Crippen LogP contribution in [0.3, 0.4) is 0 Å². The molecule has 0 spiro atoms. The van der Waals surface area contributed by atoms with Crippen LogP contribution in [0.15, 0.2) is 59.6 Å². The van der Waals surface area contributed by atoms with Gasteiger partial charge >= 0.3 is 5.97 Å². The number of esters is 1. The number of benzene rings is 2. The van der Waals surface area contributed by atoms with E-state index in [1.54, 1.807) is 19.2 Å². The minimum Gasteiger partial charge on any atom is -0.465 e. The Kier molecular flexibility index (Phi) is 8.98. The van der Waals surface area contributed by atoms with Gasteiger partial charge in [0.2, 0.25) is 0 Å². The Bertz CT molecular complexity index is 688. The molecule has 0 aliphatic carbocycles. The fourth-order valence-corrected chi connectivity index (χ4v) is 2.29. The molecule has 0 saturated carbocycles. The highest BCUT2D eigenvalue weighted by molar-refractivity contribution is 14.0. The van der Waals surface area contributed by atoms with E-state index in [9.17, 15) is 4.79 Å². The van der Waals surface area contributed by atoms with E-state index in [1.165, 1.54) is 12.7 Å². The van der Waals surface area contributed by atoms with Gasteiger partial charge in [-0.1, -0.05) is 42.5 Å². The van der Waals surface area contributed by atoms with Crippen molar-refractivity contribution in [2.45, 2.75) is 19.5 Å². The second-order valence-corrected chi connectivity index (χ2v) is 5.39. The summed E-state index contributed by atoms with van der Waals surface area (Å²) in [5.41, 5.74) is 2.79. The van der Waals surface area contributed by atoms with Gasteiger partial charge in [-0.2, -0.15) is 0 Å². The SMILES string of the molecule is CN=C(NCc1ccc(C(=O)OC)cc1)NC(C)c1ccccc1.I. The zero-order valence-corrected chi connectivity index (χ0v) is 17.0. The largest absolute Gasteiger partial charge is 0.465 e. The number of nitrogens with zero attached hydrogens (tertiary/aromatic N) is 1. The van der Waals surface area contributed by atoms with E-state index in [4.69, 9.17) is 4.74 Å². The molecule has 2 N–H and O–H groups in total. The molecular formula is C19H24IN3O2. The molecule has 5 nitrogen and oxygen atoms in total. The van der Waals surface area contributed by atoms with Gasteiger partial charge in [0.1, 0.15) is 0 Å². The van der Waals surface area contributed by atoms with Crippen LogP contribution in [0.5, 0.6) is 0 Å². The number of aliphatic imine (C=N–C) groups is 1. The smallest absolute Gasteiger partial charge is 0.337 e. The fourth-order valence-electron chi connectivity index (χ4n) is 2.29. The highest BCUT2D eigenvalue weighted by atomic mass is 127. The lowest BCUT2D eigenvalue weighted by Crippen LogP contribution is -2.38. The summed E-state index contributed by atoms with van der Waals surface area (Å²) in [5, 5.41) is 6.63. The third kappa shape index (κ3) is 6.38. The monoisotopic (exact) mass is 453 g/mol. The van der Waals surface area contributed by atoms with Crippen LogP contribution in [-0.4, -0.2) is 26.1 Å². The maximum Gasteiger partial charge on any atom is 0.337 e. The number of rotatable bonds is 5. The Morgan fingerprint density at radius 2 is 1.76 bits per heavy atom. The highest BCUT2D eigenvalue weighted by Crippen LogP contribution is 2.11. The summed E-state index contributed by atoms with van der Waals surface area (Å²) in [4.78, 5) is 15.7. The number of guanidine groups is 1. The molecule has 0 bridgehead atoms. The second-order valence-electron chi connectivity index (χ2n) is 5.39. The molecule has 2 aromatic rings. The molecule has 0 radical (unpaired) electrons. The number of halogens is 1. The summed E-state index contributed by atoms with van der Waals surface area (Å²) >= 11 is 0. The molecular weight excluding hydrogens is 429 g/mol. The molecule has 1 unspecified atom stereocenters. The predicted molar refractivity (Wildman–Crippen MR) is 111 cm³/mol. The normalized spacial score (nSPS) is 11.9. The van der Waals surface area contributed by atoms with Crippen LogP contribution in [0.1, 0.15) is 34.5 Å². The van der Waals surface area contributed by atoms with E-state index in [1.807, 2.05) is 30.3 Å². The van der Waals surface area contributed by atoms with Gasteiger partial charge < -0.3 is 15.4 Å². The molecule has 6 heteroatoms. The molecule has 1 atom stereocenters. The molecule has 0 aromatic heterocycles. The zero-order chi connectivity index (χ0) is 17.4. The molecule has 134 valence electrons. The first-order valence-electron chi connectivity index (χ1n) is 7.83. The molecule has 0 saturated heterocycles. The maximum absolute atomic E-state index is 11.4.